The van der Waals surface area contributed by atoms with Crippen molar-refractivity contribution in [3.05, 3.63) is 76.5 Å². The van der Waals surface area contributed by atoms with Crippen molar-refractivity contribution in [1.82, 2.24) is 0 Å². The lowest BCUT2D eigenvalue weighted by molar-refractivity contribution is -0.384. The molecule has 0 bridgehead atoms. The molecule has 0 saturated heterocycles. The summed E-state index contributed by atoms with van der Waals surface area (Å²) < 4.78 is 10.5. The molecule has 0 radical (unpaired) electrons. The first-order valence-corrected chi connectivity index (χ1v) is 10.1. The average Bonchev–Trinajstić information content (AvgIpc) is 3.30. The number of esters is 1. The maximum Gasteiger partial charge on any atom is 0.374 e. The molecule has 3 rings (SSSR count). The maximum atomic E-state index is 12.2. The van der Waals surface area contributed by atoms with Gasteiger partial charge in [-0.05, 0) is 62.4 Å². The largest absolute Gasteiger partial charge is 0.450 e. The lowest BCUT2D eigenvalue weighted by atomic mass is 10.1. The van der Waals surface area contributed by atoms with Crippen LogP contribution >= 0.6 is 0 Å². The second-order valence-electron chi connectivity index (χ2n) is 6.81. The molecule has 9 heteroatoms. The Morgan fingerprint density at radius 2 is 1.66 bits per heavy atom. The quantitative estimate of drug-likeness (QED) is 0.298. The van der Waals surface area contributed by atoms with Gasteiger partial charge in [0.1, 0.15) is 5.76 Å². The minimum Gasteiger partial charge on any atom is -0.450 e. The van der Waals surface area contributed by atoms with Crippen LogP contribution < -0.4 is 10.2 Å². The molecular weight excluding hydrogens is 414 g/mol. The Morgan fingerprint density at radius 3 is 2.25 bits per heavy atom. The van der Waals surface area contributed by atoms with Gasteiger partial charge in [-0.15, -0.1) is 0 Å². The van der Waals surface area contributed by atoms with Crippen molar-refractivity contribution < 1.29 is 23.7 Å². The summed E-state index contributed by atoms with van der Waals surface area (Å²) in [6, 6.07) is 16.1. The number of nitro groups is 1. The van der Waals surface area contributed by atoms with Crippen molar-refractivity contribution >= 4 is 28.9 Å². The number of nitrogens with zero attached hydrogens (tertiary/aromatic N) is 2. The molecule has 1 N–H and O–H groups in total. The van der Waals surface area contributed by atoms with Crippen LogP contribution in [0.2, 0.25) is 0 Å². The van der Waals surface area contributed by atoms with Crippen LogP contribution in [0.5, 0.6) is 0 Å². The van der Waals surface area contributed by atoms with E-state index in [2.05, 4.69) is 24.1 Å². The summed E-state index contributed by atoms with van der Waals surface area (Å²) in [4.78, 5) is 36.7. The number of amides is 1. The highest BCUT2D eigenvalue weighted by Gasteiger charge is 2.16. The first-order chi connectivity index (χ1) is 15.4. The molecule has 0 unspecified atom stereocenters. The van der Waals surface area contributed by atoms with Crippen LogP contribution in [-0.4, -0.2) is 36.5 Å². The predicted octanol–water partition coefficient (Wildman–Crippen LogP) is 4.50. The van der Waals surface area contributed by atoms with Crippen LogP contribution in [0.15, 0.2) is 65.1 Å². The molecule has 0 aliphatic carbocycles. The van der Waals surface area contributed by atoms with Crippen LogP contribution in [0, 0.1) is 10.1 Å². The summed E-state index contributed by atoms with van der Waals surface area (Å²) in [7, 11) is 0. The molecule has 0 spiro atoms. The van der Waals surface area contributed by atoms with Gasteiger partial charge in [0.15, 0.2) is 6.61 Å². The normalized spacial score (nSPS) is 10.4. The summed E-state index contributed by atoms with van der Waals surface area (Å²) in [5.41, 5.74) is 2.18. The number of carbonyl (C=O) groups is 2. The van der Waals surface area contributed by atoms with Gasteiger partial charge >= 0.3 is 5.97 Å². The molecule has 0 aliphatic heterocycles. The van der Waals surface area contributed by atoms with Crippen LogP contribution in [-0.2, 0) is 9.53 Å². The number of nitro benzene ring substituents is 1. The average molecular weight is 437 g/mol. The van der Waals surface area contributed by atoms with E-state index in [1.54, 1.807) is 18.2 Å². The van der Waals surface area contributed by atoms with E-state index in [-0.39, 0.29) is 11.4 Å². The van der Waals surface area contributed by atoms with E-state index in [1.807, 2.05) is 12.1 Å². The highest BCUT2D eigenvalue weighted by atomic mass is 16.6. The standard InChI is InChI=1S/C23H23N3O6/c1-3-25(4-2)18-11-7-17(8-12-18)24-22(27)15-31-23(28)21-14-13-20(32-21)16-5-9-19(10-6-16)26(29)30/h5-14H,3-4,15H2,1-2H3,(H,24,27). The maximum absolute atomic E-state index is 12.2. The Hall–Kier alpha value is -4.14. The highest BCUT2D eigenvalue weighted by molar-refractivity contribution is 5.94. The number of hydrogen-bond acceptors (Lipinski definition) is 7. The number of benzene rings is 2. The van der Waals surface area contributed by atoms with Crippen LogP contribution in [0.25, 0.3) is 11.3 Å². The van der Waals surface area contributed by atoms with Crippen molar-refractivity contribution in [3.8, 4) is 11.3 Å². The Labute approximate surface area is 184 Å². The fraction of sp³-hybridized carbons (Fsp3) is 0.217. The molecule has 166 valence electrons. The minimum atomic E-state index is -0.787. The van der Waals surface area contributed by atoms with E-state index in [9.17, 15) is 19.7 Å². The van der Waals surface area contributed by atoms with Crippen molar-refractivity contribution in [1.29, 1.82) is 0 Å². The summed E-state index contributed by atoms with van der Waals surface area (Å²) in [5.74, 6) is -0.986. The van der Waals surface area contributed by atoms with Gasteiger partial charge in [0.2, 0.25) is 5.76 Å². The van der Waals surface area contributed by atoms with E-state index >= 15 is 0 Å². The first-order valence-electron chi connectivity index (χ1n) is 10.1. The molecule has 2 aromatic carbocycles. The molecule has 0 saturated carbocycles. The highest BCUT2D eigenvalue weighted by Crippen LogP contribution is 2.25. The second-order valence-corrected chi connectivity index (χ2v) is 6.81. The molecular formula is C23H23N3O6. The Kier molecular flexibility index (Phi) is 7.22. The van der Waals surface area contributed by atoms with Crippen LogP contribution in [0.1, 0.15) is 24.4 Å². The monoisotopic (exact) mass is 437 g/mol. The molecule has 1 aromatic heterocycles. The zero-order chi connectivity index (χ0) is 23.1. The topological polar surface area (TPSA) is 115 Å². The summed E-state index contributed by atoms with van der Waals surface area (Å²) in [6.45, 7) is 5.45. The van der Waals surface area contributed by atoms with Gasteiger partial charge in [-0.25, -0.2) is 4.79 Å². The van der Waals surface area contributed by atoms with Gasteiger partial charge in [0.25, 0.3) is 11.6 Å². The third kappa shape index (κ3) is 5.51. The summed E-state index contributed by atoms with van der Waals surface area (Å²) >= 11 is 0. The molecule has 9 nitrogen and oxygen atoms in total. The number of nitrogens with one attached hydrogen (secondary N) is 1. The van der Waals surface area contributed by atoms with Gasteiger partial charge in [-0.2, -0.15) is 0 Å². The second kappa shape index (κ2) is 10.3. The fourth-order valence-corrected chi connectivity index (χ4v) is 3.09. The van der Waals surface area contributed by atoms with E-state index in [4.69, 9.17) is 9.15 Å². The smallest absolute Gasteiger partial charge is 0.374 e. The lowest BCUT2D eigenvalue weighted by Crippen LogP contribution is -2.22. The molecule has 1 amide bonds. The predicted molar refractivity (Wildman–Crippen MR) is 120 cm³/mol. The van der Waals surface area contributed by atoms with E-state index < -0.39 is 23.4 Å². The third-order valence-electron chi connectivity index (χ3n) is 4.78. The Balaban J connectivity index is 1.53. The summed E-state index contributed by atoms with van der Waals surface area (Å²) in [6.07, 6.45) is 0. The van der Waals surface area contributed by atoms with E-state index in [1.165, 1.54) is 30.3 Å². The van der Waals surface area contributed by atoms with Gasteiger partial charge < -0.3 is 19.4 Å². The molecule has 0 atom stereocenters. The number of non-ortho nitro benzene ring substituents is 1. The Morgan fingerprint density at radius 1 is 1.00 bits per heavy atom. The lowest BCUT2D eigenvalue weighted by Gasteiger charge is -2.21. The number of hydrogen-bond donors (Lipinski definition) is 1. The number of ether oxygens (including phenoxy) is 1. The van der Waals surface area contributed by atoms with Gasteiger partial charge in [-0.3, -0.25) is 14.9 Å². The Bertz CT molecular complexity index is 1090. The van der Waals surface area contributed by atoms with Crippen molar-refractivity contribution in [2.24, 2.45) is 0 Å². The van der Waals surface area contributed by atoms with E-state index in [0.29, 0.717) is 17.0 Å². The molecule has 0 fully saturated rings. The summed E-state index contributed by atoms with van der Waals surface area (Å²) in [5, 5.41) is 13.4. The SMILES string of the molecule is CCN(CC)c1ccc(NC(=O)COC(=O)c2ccc(-c3ccc([N+](=O)[O-])cc3)o2)cc1. The zero-order valence-electron chi connectivity index (χ0n) is 17.7. The van der Waals surface area contributed by atoms with E-state index in [0.717, 1.165) is 18.8 Å². The van der Waals surface area contributed by atoms with Gasteiger partial charge in [0, 0.05) is 42.2 Å². The number of furan rings is 1. The van der Waals surface area contributed by atoms with Gasteiger partial charge in [-0.1, -0.05) is 0 Å². The van der Waals surface area contributed by atoms with Crippen LogP contribution in [0.3, 0.4) is 0 Å². The number of rotatable bonds is 9. The van der Waals surface area contributed by atoms with Crippen molar-refractivity contribution in [3.63, 3.8) is 0 Å². The first kappa shape index (κ1) is 22.5. The number of carbonyl (C=O) groups excluding carboxylic acids is 2. The molecule has 3 aromatic rings. The van der Waals surface area contributed by atoms with Crippen molar-refractivity contribution in [2.75, 3.05) is 29.9 Å². The third-order valence-corrected chi connectivity index (χ3v) is 4.78. The van der Waals surface area contributed by atoms with Crippen molar-refractivity contribution in [2.45, 2.75) is 13.8 Å². The fourth-order valence-electron chi connectivity index (χ4n) is 3.09. The molecule has 32 heavy (non-hydrogen) atoms. The van der Waals surface area contributed by atoms with Gasteiger partial charge in [0.05, 0.1) is 4.92 Å². The zero-order valence-corrected chi connectivity index (χ0v) is 17.7. The molecule has 0 aliphatic rings. The molecule has 1 heterocycles. The minimum absolute atomic E-state index is 0.0476. The number of anilines is 2. The van der Waals surface area contributed by atoms with Crippen LogP contribution in [0.4, 0.5) is 17.1 Å².